The van der Waals surface area contributed by atoms with E-state index in [1.165, 1.54) is 0 Å². The van der Waals surface area contributed by atoms with Gasteiger partial charge in [-0.2, -0.15) is 0 Å². The van der Waals surface area contributed by atoms with Crippen LogP contribution in [0.3, 0.4) is 0 Å². The summed E-state index contributed by atoms with van der Waals surface area (Å²) in [6.07, 6.45) is 1.62. The van der Waals surface area contributed by atoms with E-state index in [2.05, 4.69) is 19.8 Å². The van der Waals surface area contributed by atoms with Crippen molar-refractivity contribution in [3.05, 3.63) is 36.2 Å². The molecule has 0 radical (unpaired) electrons. The van der Waals surface area contributed by atoms with Gasteiger partial charge in [-0.1, -0.05) is 6.07 Å². The van der Waals surface area contributed by atoms with Crippen molar-refractivity contribution in [1.82, 2.24) is 14.9 Å². The van der Waals surface area contributed by atoms with E-state index < -0.39 is 0 Å². The van der Waals surface area contributed by atoms with Crippen LogP contribution in [0.1, 0.15) is 10.4 Å². The lowest BCUT2D eigenvalue weighted by Crippen LogP contribution is -2.49. The number of piperazine rings is 1. The number of hydrogen-bond acceptors (Lipinski definition) is 8. The third-order valence-electron chi connectivity index (χ3n) is 5.66. The van der Waals surface area contributed by atoms with Crippen molar-refractivity contribution in [3.8, 4) is 11.5 Å². The Balaban J connectivity index is 1.25. The number of carbonyl (C=O) groups excluding carboxylic acids is 1. The van der Waals surface area contributed by atoms with E-state index in [-0.39, 0.29) is 5.91 Å². The molecule has 0 aliphatic carbocycles. The van der Waals surface area contributed by atoms with Crippen molar-refractivity contribution in [2.24, 2.45) is 0 Å². The number of anilines is 2. The van der Waals surface area contributed by atoms with Gasteiger partial charge in [-0.15, -0.1) is 0 Å². The third kappa shape index (κ3) is 3.72. The van der Waals surface area contributed by atoms with Crippen LogP contribution in [0.25, 0.3) is 0 Å². The summed E-state index contributed by atoms with van der Waals surface area (Å²) in [5.41, 5.74) is 0.567. The van der Waals surface area contributed by atoms with Gasteiger partial charge in [-0.05, 0) is 12.1 Å². The van der Waals surface area contributed by atoms with E-state index in [4.69, 9.17) is 14.2 Å². The van der Waals surface area contributed by atoms with Crippen LogP contribution in [0, 0.1) is 0 Å². The SMILES string of the molecule is O=C(c1cccc2c1OCCO2)N1CCN(c2cc(N3CCOCC3)ncn2)CC1. The second-order valence-corrected chi connectivity index (χ2v) is 7.44. The highest BCUT2D eigenvalue weighted by atomic mass is 16.6. The first-order valence-corrected chi connectivity index (χ1v) is 10.4. The number of nitrogens with zero attached hydrogens (tertiary/aromatic N) is 5. The van der Waals surface area contributed by atoms with Gasteiger partial charge in [0.25, 0.3) is 5.91 Å². The van der Waals surface area contributed by atoms with Gasteiger partial charge >= 0.3 is 0 Å². The summed E-state index contributed by atoms with van der Waals surface area (Å²) in [4.78, 5) is 28.3. The molecule has 2 aromatic rings. The smallest absolute Gasteiger partial charge is 0.257 e. The minimum absolute atomic E-state index is 0.0197. The molecule has 4 heterocycles. The third-order valence-corrected chi connectivity index (χ3v) is 5.66. The molecule has 0 spiro atoms. The second kappa shape index (κ2) is 8.35. The molecule has 1 aromatic carbocycles. The zero-order chi connectivity index (χ0) is 20.3. The molecule has 2 saturated heterocycles. The van der Waals surface area contributed by atoms with Crippen molar-refractivity contribution < 1.29 is 19.0 Å². The Morgan fingerprint density at radius 1 is 0.833 bits per heavy atom. The average molecular weight is 411 g/mol. The summed E-state index contributed by atoms with van der Waals surface area (Å²) in [6.45, 7) is 6.78. The predicted octanol–water partition coefficient (Wildman–Crippen LogP) is 1.05. The van der Waals surface area contributed by atoms with Crippen LogP contribution in [0.4, 0.5) is 11.6 Å². The molecule has 0 N–H and O–H groups in total. The molecule has 30 heavy (non-hydrogen) atoms. The average Bonchev–Trinajstić information content (AvgIpc) is 2.84. The van der Waals surface area contributed by atoms with Crippen molar-refractivity contribution in [3.63, 3.8) is 0 Å². The molecular weight excluding hydrogens is 386 g/mol. The number of amides is 1. The van der Waals surface area contributed by atoms with Crippen LogP contribution in [-0.4, -0.2) is 86.5 Å². The molecule has 0 saturated carbocycles. The van der Waals surface area contributed by atoms with Crippen LogP contribution < -0.4 is 19.3 Å². The Hall–Kier alpha value is -3.07. The minimum atomic E-state index is -0.0197. The number of rotatable bonds is 3. The Morgan fingerprint density at radius 3 is 2.30 bits per heavy atom. The van der Waals surface area contributed by atoms with Crippen LogP contribution in [0.5, 0.6) is 11.5 Å². The summed E-state index contributed by atoms with van der Waals surface area (Å²) in [6, 6.07) is 7.51. The van der Waals surface area contributed by atoms with Crippen LogP contribution in [-0.2, 0) is 4.74 Å². The fourth-order valence-corrected chi connectivity index (χ4v) is 4.03. The van der Waals surface area contributed by atoms with Gasteiger partial charge < -0.3 is 28.9 Å². The van der Waals surface area contributed by atoms with Gasteiger partial charge in [0, 0.05) is 45.3 Å². The van der Waals surface area contributed by atoms with Crippen LogP contribution in [0.2, 0.25) is 0 Å². The fraction of sp³-hybridized carbons (Fsp3) is 0.476. The lowest BCUT2D eigenvalue weighted by Gasteiger charge is -2.36. The van der Waals surface area contributed by atoms with E-state index in [0.29, 0.717) is 43.4 Å². The minimum Gasteiger partial charge on any atom is -0.486 e. The summed E-state index contributed by atoms with van der Waals surface area (Å²) in [5, 5.41) is 0. The van der Waals surface area contributed by atoms with Gasteiger partial charge in [0.15, 0.2) is 11.5 Å². The largest absolute Gasteiger partial charge is 0.486 e. The predicted molar refractivity (Wildman–Crippen MR) is 111 cm³/mol. The highest BCUT2D eigenvalue weighted by molar-refractivity contribution is 5.98. The fourth-order valence-electron chi connectivity index (χ4n) is 4.03. The number of benzene rings is 1. The van der Waals surface area contributed by atoms with E-state index >= 15 is 0 Å². The molecule has 0 atom stereocenters. The molecule has 158 valence electrons. The van der Waals surface area contributed by atoms with Crippen LogP contribution >= 0.6 is 0 Å². The highest BCUT2D eigenvalue weighted by Crippen LogP contribution is 2.34. The Labute approximate surface area is 175 Å². The quantitative estimate of drug-likeness (QED) is 0.742. The number of carbonyl (C=O) groups is 1. The van der Waals surface area contributed by atoms with Crippen LogP contribution in [0.15, 0.2) is 30.6 Å². The first-order valence-electron chi connectivity index (χ1n) is 10.4. The van der Waals surface area contributed by atoms with E-state index in [0.717, 1.165) is 51.0 Å². The Bertz CT molecular complexity index is 910. The molecule has 3 aliphatic heterocycles. The summed E-state index contributed by atoms with van der Waals surface area (Å²) < 4.78 is 16.7. The molecule has 3 aliphatic rings. The summed E-state index contributed by atoms with van der Waals surface area (Å²) >= 11 is 0. The lowest BCUT2D eigenvalue weighted by atomic mass is 10.1. The van der Waals surface area contributed by atoms with Crippen molar-refractivity contribution >= 4 is 17.5 Å². The molecular formula is C21H25N5O4. The maximum absolute atomic E-state index is 13.1. The van der Waals surface area contributed by atoms with Gasteiger partial charge in [0.2, 0.25) is 0 Å². The standard InChI is InChI=1S/C21H25N5O4/c27-21(16-2-1-3-17-20(16)30-13-12-29-17)26-6-4-24(5-7-26)18-14-19(23-15-22-18)25-8-10-28-11-9-25/h1-3,14-15H,4-13H2. The van der Waals surface area contributed by atoms with Gasteiger partial charge in [0.1, 0.15) is 31.2 Å². The molecule has 9 heteroatoms. The van der Waals surface area contributed by atoms with E-state index in [9.17, 15) is 4.79 Å². The topological polar surface area (TPSA) is 80.3 Å². The zero-order valence-corrected chi connectivity index (χ0v) is 16.8. The second-order valence-electron chi connectivity index (χ2n) is 7.44. The molecule has 2 fully saturated rings. The van der Waals surface area contributed by atoms with E-state index in [1.54, 1.807) is 12.4 Å². The molecule has 9 nitrogen and oxygen atoms in total. The Morgan fingerprint density at radius 2 is 1.53 bits per heavy atom. The number of morpholine rings is 1. The molecule has 1 amide bonds. The van der Waals surface area contributed by atoms with Gasteiger partial charge in [-0.3, -0.25) is 4.79 Å². The number of para-hydroxylation sites is 1. The normalized spacial score (nSPS) is 19.0. The molecule has 5 rings (SSSR count). The van der Waals surface area contributed by atoms with Gasteiger partial charge in [-0.25, -0.2) is 9.97 Å². The van der Waals surface area contributed by atoms with Gasteiger partial charge in [0.05, 0.1) is 18.8 Å². The van der Waals surface area contributed by atoms with Crippen molar-refractivity contribution in [2.75, 3.05) is 75.5 Å². The first-order chi connectivity index (χ1) is 14.8. The number of aromatic nitrogens is 2. The maximum Gasteiger partial charge on any atom is 0.257 e. The Kier molecular flexibility index (Phi) is 5.27. The summed E-state index contributed by atoms with van der Waals surface area (Å²) in [7, 11) is 0. The molecule has 1 aromatic heterocycles. The number of hydrogen-bond donors (Lipinski definition) is 0. The first kappa shape index (κ1) is 18.9. The number of fused-ring (bicyclic) bond motifs is 1. The maximum atomic E-state index is 13.1. The zero-order valence-electron chi connectivity index (χ0n) is 16.8. The monoisotopic (exact) mass is 411 g/mol. The van der Waals surface area contributed by atoms with Crippen molar-refractivity contribution in [2.45, 2.75) is 0 Å². The molecule has 0 bridgehead atoms. The van der Waals surface area contributed by atoms with E-state index in [1.807, 2.05) is 23.1 Å². The lowest BCUT2D eigenvalue weighted by molar-refractivity contribution is 0.0736. The molecule has 0 unspecified atom stereocenters. The summed E-state index contributed by atoms with van der Waals surface area (Å²) in [5.74, 6) is 3.00. The highest BCUT2D eigenvalue weighted by Gasteiger charge is 2.27. The van der Waals surface area contributed by atoms with Crippen molar-refractivity contribution in [1.29, 1.82) is 0 Å². The number of ether oxygens (including phenoxy) is 3.